The van der Waals surface area contributed by atoms with Gasteiger partial charge in [-0.15, -0.1) is 0 Å². The molecule has 2 aliphatic carbocycles. The molecular formula is C15H29NO2. The average molecular weight is 255 g/mol. The van der Waals surface area contributed by atoms with Crippen molar-refractivity contribution in [3.8, 4) is 0 Å². The van der Waals surface area contributed by atoms with Crippen molar-refractivity contribution in [3.05, 3.63) is 0 Å². The molecule has 0 aromatic rings. The maximum Gasteiger partial charge on any atom is 0.0613 e. The zero-order valence-corrected chi connectivity index (χ0v) is 11.8. The Bertz CT molecular complexity index is 229. The van der Waals surface area contributed by atoms with Crippen LogP contribution in [-0.2, 0) is 4.74 Å². The standard InChI is InChI=1S/C15H29NO2/c1-18-14-8-10-15(12-17,11-9-14)16-13-6-4-2-3-5-7-13/h13-14,16-17H,2-12H2,1H3. The maximum absolute atomic E-state index is 9.80. The molecule has 0 aliphatic heterocycles. The van der Waals surface area contributed by atoms with Gasteiger partial charge in [-0.2, -0.15) is 0 Å². The Balaban J connectivity index is 1.87. The van der Waals surface area contributed by atoms with Crippen LogP contribution in [0.2, 0.25) is 0 Å². The van der Waals surface area contributed by atoms with Crippen LogP contribution in [0, 0.1) is 0 Å². The van der Waals surface area contributed by atoms with Crippen LogP contribution in [0.5, 0.6) is 0 Å². The second-order valence-electron chi connectivity index (χ2n) is 6.21. The van der Waals surface area contributed by atoms with Gasteiger partial charge in [-0.3, -0.25) is 0 Å². The lowest BCUT2D eigenvalue weighted by Crippen LogP contribution is -2.55. The maximum atomic E-state index is 9.80. The molecule has 106 valence electrons. The highest BCUT2D eigenvalue weighted by molar-refractivity contribution is 4.95. The highest BCUT2D eigenvalue weighted by Crippen LogP contribution is 2.31. The normalized spacial score (nSPS) is 35.3. The average Bonchev–Trinajstić information content (AvgIpc) is 2.68. The van der Waals surface area contributed by atoms with Gasteiger partial charge in [0.05, 0.1) is 12.7 Å². The lowest BCUT2D eigenvalue weighted by molar-refractivity contribution is 0.0182. The first-order chi connectivity index (χ1) is 8.78. The summed E-state index contributed by atoms with van der Waals surface area (Å²) in [4.78, 5) is 0. The Morgan fingerprint density at radius 2 is 1.67 bits per heavy atom. The van der Waals surface area contributed by atoms with Crippen molar-refractivity contribution in [2.24, 2.45) is 0 Å². The van der Waals surface area contributed by atoms with Gasteiger partial charge in [0.15, 0.2) is 0 Å². The van der Waals surface area contributed by atoms with E-state index in [1.54, 1.807) is 7.11 Å². The minimum Gasteiger partial charge on any atom is -0.394 e. The van der Waals surface area contributed by atoms with E-state index in [1.165, 1.54) is 38.5 Å². The summed E-state index contributed by atoms with van der Waals surface area (Å²) in [6.45, 7) is 0.278. The van der Waals surface area contributed by atoms with Crippen LogP contribution >= 0.6 is 0 Å². The molecule has 18 heavy (non-hydrogen) atoms. The predicted octanol–water partition coefficient (Wildman–Crippen LogP) is 2.62. The van der Waals surface area contributed by atoms with E-state index in [0.29, 0.717) is 12.1 Å². The largest absolute Gasteiger partial charge is 0.394 e. The molecule has 0 unspecified atom stereocenters. The van der Waals surface area contributed by atoms with Crippen LogP contribution < -0.4 is 5.32 Å². The molecule has 0 atom stereocenters. The number of aliphatic hydroxyl groups excluding tert-OH is 1. The fraction of sp³-hybridized carbons (Fsp3) is 1.00. The van der Waals surface area contributed by atoms with Crippen molar-refractivity contribution in [1.82, 2.24) is 5.32 Å². The summed E-state index contributed by atoms with van der Waals surface area (Å²) in [5, 5.41) is 13.6. The van der Waals surface area contributed by atoms with Gasteiger partial charge < -0.3 is 15.2 Å². The molecule has 2 N–H and O–H groups in total. The highest BCUT2D eigenvalue weighted by atomic mass is 16.5. The zero-order valence-electron chi connectivity index (χ0n) is 11.8. The van der Waals surface area contributed by atoms with Crippen LogP contribution in [0.25, 0.3) is 0 Å². The van der Waals surface area contributed by atoms with Gasteiger partial charge in [0.1, 0.15) is 0 Å². The molecule has 2 fully saturated rings. The summed E-state index contributed by atoms with van der Waals surface area (Å²) in [6.07, 6.45) is 12.7. The first kappa shape index (κ1) is 14.3. The van der Waals surface area contributed by atoms with E-state index in [1.807, 2.05) is 0 Å². The lowest BCUT2D eigenvalue weighted by atomic mass is 9.80. The number of methoxy groups -OCH3 is 1. The van der Waals surface area contributed by atoms with Crippen LogP contribution in [-0.4, -0.2) is 36.5 Å². The molecule has 0 heterocycles. The topological polar surface area (TPSA) is 41.5 Å². The first-order valence-electron chi connectivity index (χ1n) is 7.69. The number of nitrogens with one attached hydrogen (secondary N) is 1. The number of ether oxygens (including phenoxy) is 1. The molecule has 2 rings (SSSR count). The Hall–Kier alpha value is -0.120. The van der Waals surface area contributed by atoms with Gasteiger partial charge in [-0.25, -0.2) is 0 Å². The van der Waals surface area contributed by atoms with E-state index in [9.17, 15) is 5.11 Å². The Morgan fingerprint density at radius 3 is 2.17 bits per heavy atom. The van der Waals surface area contributed by atoms with Crippen LogP contribution in [0.15, 0.2) is 0 Å². The van der Waals surface area contributed by atoms with Gasteiger partial charge in [-0.1, -0.05) is 25.7 Å². The van der Waals surface area contributed by atoms with Crippen LogP contribution in [0.3, 0.4) is 0 Å². The molecule has 0 bridgehead atoms. The van der Waals surface area contributed by atoms with Gasteiger partial charge in [0.25, 0.3) is 0 Å². The third kappa shape index (κ3) is 3.69. The van der Waals surface area contributed by atoms with E-state index >= 15 is 0 Å². The van der Waals surface area contributed by atoms with Crippen LogP contribution in [0.4, 0.5) is 0 Å². The number of hydrogen-bond acceptors (Lipinski definition) is 3. The molecule has 3 heteroatoms. The second-order valence-corrected chi connectivity index (χ2v) is 6.21. The van der Waals surface area contributed by atoms with Crippen molar-refractivity contribution in [1.29, 1.82) is 0 Å². The van der Waals surface area contributed by atoms with Gasteiger partial charge >= 0.3 is 0 Å². The second kappa shape index (κ2) is 6.88. The first-order valence-corrected chi connectivity index (χ1v) is 7.69. The molecule has 0 amide bonds. The summed E-state index contributed by atoms with van der Waals surface area (Å²) < 4.78 is 5.43. The van der Waals surface area contributed by atoms with Gasteiger partial charge in [-0.05, 0) is 38.5 Å². The summed E-state index contributed by atoms with van der Waals surface area (Å²) >= 11 is 0. The number of aliphatic hydroxyl groups is 1. The molecule has 2 saturated carbocycles. The third-order valence-electron chi connectivity index (χ3n) is 4.89. The van der Waals surface area contributed by atoms with Crippen molar-refractivity contribution < 1.29 is 9.84 Å². The molecular weight excluding hydrogens is 226 g/mol. The molecule has 0 radical (unpaired) electrons. The monoisotopic (exact) mass is 255 g/mol. The summed E-state index contributed by atoms with van der Waals surface area (Å²) in [5.41, 5.74) is -0.0238. The number of hydrogen-bond donors (Lipinski definition) is 2. The quantitative estimate of drug-likeness (QED) is 0.759. The minimum absolute atomic E-state index is 0.0238. The fourth-order valence-electron chi connectivity index (χ4n) is 3.58. The van der Waals surface area contributed by atoms with Crippen molar-refractivity contribution >= 4 is 0 Å². The predicted molar refractivity (Wildman–Crippen MR) is 73.7 cm³/mol. The van der Waals surface area contributed by atoms with E-state index < -0.39 is 0 Å². The molecule has 0 saturated heterocycles. The van der Waals surface area contributed by atoms with E-state index in [4.69, 9.17) is 4.74 Å². The van der Waals surface area contributed by atoms with E-state index in [0.717, 1.165) is 25.7 Å². The molecule has 3 nitrogen and oxygen atoms in total. The molecule has 0 aromatic carbocycles. The van der Waals surface area contributed by atoms with E-state index in [2.05, 4.69) is 5.32 Å². The number of rotatable bonds is 4. The molecule has 2 aliphatic rings. The fourth-order valence-corrected chi connectivity index (χ4v) is 3.58. The minimum atomic E-state index is -0.0238. The Kier molecular flexibility index (Phi) is 5.46. The van der Waals surface area contributed by atoms with Crippen molar-refractivity contribution in [2.75, 3.05) is 13.7 Å². The molecule has 0 aromatic heterocycles. The lowest BCUT2D eigenvalue weighted by Gasteiger charge is -2.42. The smallest absolute Gasteiger partial charge is 0.0613 e. The SMILES string of the molecule is COC1CCC(CO)(NC2CCCCCC2)CC1. The van der Waals surface area contributed by atoms with Crippen molar-refractivity contribution in [3.63, 3.8) is 0 Å². The summed E-state index contributed by atoms with van der Waals surface area (Å²) in [5.74, 6) is 0. The summed E-state index contributed by atoms with van der Waals surface area (Å²) in [7, 11) is 1.80. The van der Waals surface area contributed by atoms with Crippen LogP contribution in [0.1, 0.15) is 64.2 Å². The zero-order chi connectivity index (χ0) is 12.8. The van der Waals surface area contributed by atoms with Gasteiger partial charge in [0, 0.05) is 18.7 Å². The van der Waals surface area contributed by atoms with Gasteiger partial charge in [0.2, 0.25) is 0 Å². The molecule has 0 spiro atoms. The highest BCUT2D eigenvalue weighted by Gasteiger charge is 2.36. The summed E-state index contributed by atoms with van der Waals surface area (Å²) in [6, 6.07) is 0.624. The Morgan fingerprint density at radius 1 is 1.06 bits per heavy atom. The third-order valence-corrected chi connectivity index (χ3v) is 4.89. The van der Waals surface area contributed by atoms with E-state index in [-0.39, 0.29) is 12.1 Å². The Labute approximate surface area is 111 Å². The van der Waals surface area contributed by atoms with Crippen molar-refractivity contribution in [2.45, 2.75) is 81.9 Å².